The molecule has 0 saturated heterocycles. The molecule has 0 saturated carbocycles. The van der Waals surface area contributed by atoms with Crippen LogP contribution in [-0.4, -0.2) is 32.2 Å². The van der Waals surface area contributed by atoms with Gasteiger partial charge in [-0.1, -0.05) is 121 Å². The second-order valence-electron chi connectivity index (χ2n) is 9.15. The van der Waals surface area contributed by atoms with Crippen LogP contribution in [0.4, 0.5) is 0 Å². The second-order valence-corrected chi connectivity index (χ2v) is 9.15. The topological polar surface area (TPSA) is 64.6 Å². The standard InChI is InChI=1S/C33H33NO4/c1-37-31(35)29(24-23-25-15-7-3-8-16-25)30(32(36)38-2)34-33(26-17-9-4-10-18-26,27-19-11-5-12-20-27)28-21-13-6-14-22-28/h3-22,29-30,34H,23-24H2,1-2H3/t29?,30-/m0/s1. The maximum absolute atomic E-state index is 13.5. The van der Waals surface area contributed by atoms with Gasteiger partial charge < -0.3 is 9.47 Å². The van der Waals surface area contributed by atoms with Gasteiger partial charge in [-0.25, -0.2) is 0 Å². The summed E-state index contributed by atoms with van der Waals surface area (Å²) in [6.07, 6.45) is 1.00. The Morgan fingerprint density at radius 1 is 0.632 bits per heavy atom. The molecule has 0 fully saturated rings. The zero-order chi connectivity index (χ0) is 26.8. The minimum Gasteiger partial charge on any atom is -0.469 e. The first-order valence-electron chi connectivity index (χ1n) is 12.7. The summed E-state index contributed by atoms with van der Waals surface area (Å²) in [7, 11) is 2.70. The molecule has 0 bridgehead atoms. The van der Waals surface area contributed by atoms with Crippen molar-refractivity contribution in [2.45, 2.75) is 24.4 Å². The van der Waals surface area contributed by atoms with E-state index in [1.165, 1.54) is 14.2 Å². The summed E-state index contributed by atoms with van der Waals surface area (Å²) in [6, 6.07) is 38.8. The van der Waals surface area contributed by atoms with E-state index in [0.29, 0.717) is 12.8 Å². The highest BCUT2D eigenvalue weighted by atomic mass is 16.5. The highest BCUT2D eigenvalue weighted by Gasteiger charge is 2.44. The van der Waals surface area contributed by atoms with Gasteiger partial charge in [0.15, 0.2) is 0 Å². The third-order valence-corrected chi connectivity index (χ3v) is 6.94. The Kier molecular flexibility index (Phi) is 9.07. The Bertz CT molecular complexity index is 1200. The van der Waals surface area contributed by atoms with Crippen molar-refractivity contribution in [1.82, 2.24) is 5.32 Å². The van der Waals surface area contributed by atoms with Crippen LogP contribution in [0.15, 0.2) is 121 Å². The van der Waals surface area contributed by atoms with Crippen LogP contribution < -0.4 is 5.32 Å². The first-order chi connectivity index (χ1) is 18.6. The molecule has 1 N–H and O–H groups in total. The van der Waals surface area contributed by atoms with E-state index in [1.54, 1.807) is 0 Å². The summed E-state index contributed by atoms with van der Waals surface area (Å²) in [5.41, 5.74) is 2.90. The Balaban J connectivity index is 1.88. The Hall–Kier alpha value is -4.22. The van der Waals surface area contributed by atoms with Crippen molar-refractivity contribution in [3.8, 4) is 0 Å². The summed E-state index contributed by atoms with van der Waals surface area (Å²) in [4.78, 5) is 26.7. The highest BCUT2D eigenvalue weighted by Crippen LogP contribution is 2.38. The first kappa shape index (κ1) is 26.8. The molecule has 2 atom stereocenters. The van der Waals surface area contributed by atoms with E-state index in [2.05, 4.69) is 5.32 Å². The van der Waals surface area contributed by atoms with Crippen LogP contribution in [0.2, 0.25) is 0 Å². The molecule has 4 rings (SSSR count). The molecular formula is C33H33NO4. The molecule has 0 heterocycles. The van der Waals surface area contributed by atoms with Gasteiger partial charge in [-0.15, -0.1) is 0 Å². The zero-order valence-corrected chi connectivity index (χ0v) is 21.7. The fourth-order valence-corrected chi connectivity index (χ4v) is 5.04. The van der Waals surface area contributed by atoms with Gasteiger partial charge in [0.1, 0.15) is 6.04 Å². The summed E-state index contributed by atoms with van der Waals surface area (Å²) < 4.78 is 10.5. The highest BCUT2D eigenvalue weighted by molar-refractivity contribution is 5.85. The summed E-state index contributed by atoms with van der Waals surface area (Å²) in [5.74, 6) is -1.78. The van der Waals surface area contributed by atoms with Crippen LogP contribution in [0.25, 0.3) is 0 Å². The molecule has 0 amide bonds. The van der Waals surface area contributed by atoms with Gasteiger partial charge in [-0.2, -0.15) is 0 Å². The molecule has 1 unspecified atom stereocenters. The van der Waals surface area contributed by atoms with Crippen molar-refractivity contribution in [2.24, 2.45) is 5.92 Å². The number of rotatable bonds is 11. The van der Waals surface area contributed by atoms with Crippen LogP contribution in [0, 0.1) is 5.92 Å². The molecular weight excluding hydrogens is 474 g/mol. The van der Waals surface area contributed by atoms with Crippen LogP contribution in [-0.2, 0) is 31.0 Å². The SMILES string of the molecule is COC(=O)C(CCc1ccccc1)[C@H](NC(c1ccccc1)(c1ccccc1)c1ccccc1)C(=O)OC. The van der Waals surface area contributed by atoms with Gasteiger partial charge in [0, 0.05) is 0 Å². The molecule has 0 aliphatic carbocycles. The molecule has 4 aromatic rings. The number of carbonyl (C=O) groups excluding carboxylic acids is 2. The van der Waals surface area contributed by atoms with Gasteiger partial charge in [0.05, 0.1) is 25.7 Å². The molecule has 0 aliphatic rings. The fourth-order valence-electron chi connectivity index (χ4n) is 5.04. The minimum absolute atomic E-state index is 0.401. The number of hydrogen-bond donors (Lipinski definition) is 1. The monoisotopic (exact) mass is 507 g/mol. The average molecular weight is 508 g/mol. The summed E-state index contributed by atoms with van der Waals surface area (Å²) in [5, 5.41) is 3.64. The smallest absolute Gasteiger partial charge is 0.323 e. The zero-order valence-electron chi connectivity index (χ0n) is 21.7. The lowest BCUT2D eigenvalue weighted by Crippen LogP contribution is -2.57. The number of aryl methyl sites for hydroxylation is 1. The minimum atomic E-state index is -0.989. The van der Waals surface area contributed by atoms with Crippen molar-refractivity contribution in [2.75, 3.05) is 14.2 Å². The van der Waals surface area contributed by atoms with Crippen molar-refractivity contribution >= 4 is 11.9 Å². The molecule has 5 nitrogen and oxygen atoms in total. The fraction of sp³-hybridized carbons (Fsp3) is 0.212. The molecule has 194 valence electrons. The van der Waals surface area contributed by atoms with Gasteiger partial charge in [0.2, 0.25) is 0 Å². The number of hydrogen-bond acceptors (Lipinski definition) is 5. The Labute approximate surface area is 224 Å². The number of benzene rings is 4. The molecule has 0 spiro atoms. The lowest BCUT2D eigenvalue weighted by molar-refractivity contribution is -0.155. The summed E-state index contributed by atoms with van der Waals surface area (Å²) in [6.45, 7) is 0. The third-order valence-electron chi connectivity index (χ3n) is 6.94. The van der Waals surface area contributed by atoms with E-state index in [4.69, 9.17) is 9.47 Å². The van der Waals surface area contributed by atoms with Crippen LogP contribution >= 0.6 is 0 Å². The second kappa shape index (κ2) is 12.8. The lowest BCUT2D eigenvalue weighted by atomic mass is 9.75. The molecule has 0 aliphatic heterocycles. The normalized spacial score (nSPS) is 12.8. The van der Waals surface area contributed by atoms with Crippen molar-refractivity contribution in [3.63, 3.8) is 0 Å². The maximum atomic E-state index is 13.5. The number of methoxy groups -OCH3 is 2. The van der Waals surface area contributed by atoms with Gasteiger partial charge in [0.25, 0.3) is 0 Å². The number of nitrogens with one attached hydrogen (secondary N) is 1. The molecule has 4 aromatic carbocycles. The van der Waals surface area contributed by atoms with Crippen LogP contribution in [0.3, 0.4) is 0 Å². The summed E-state index contributed by atoms with van der Waals surface area (Å²) >= 11 is 0. The number of carbonyl (C=O) groups is 2. The molecule has 0 aromatic heterocycles. The van der Waals surface area contributed by atoms with Crippen molar-refractivity contribution in [3.05, 3.63) is 144 Å². The molecule has 38 heavy (non-hydrogen) atoms. The van der Waals surface area contributed by atoms with E-state index < -0.39 is 29.4 Å². The predicted molar refractivity (Wildman–Crippen MR) is 148 cm³/mol. The first-order valence-corrected chi connectivity index (χ1v) is 12.7. The van der Waals surface area contributed by atoms with Crippen LogP contribution in [0.1, 0.15) is 28.7 Å². The Morgan fingerprint density at radius 2 is 1.03 bits per heavy atom. The van der Waals surface area contributed by atoms with E-state index in [9.17, 15) is 9.59 Å². The predicted octanol–water partition coefficient (Wildman–Crippen LogP) is 5.53. The number of ether oxygens (including phenoxy) is 2. The van der Waals surface area contributed by atoms with E-state index in [0.717, 1.165) is 22.3 Å². The van der Waals surface area contributed by atoms with E-state index >= 15 is 0 Å². The molecule has 0 radical (unpaired) electrons. The van der Waals surface area contributed by atoms with Crippen molar-refractivity contribution < 1.29 is 19.1 Å². The number of esters is 2. The van der Waals surface area contributed by atoms with E-state index in [-0.39, 0.29) is 0 Å². The van der Waals surface area contributed by atoms with Gasteiger partial charge >= 0.3 is 11.9 Å². The van der Waals surface area contributed by atoms with E-state index in [1.807, 2.05) is 121 Å². The Morgan fingerprint density at radius 3 is 1.42 bits per heavy atom. The maximum Gasteiger partial charge on any atom is 0.323 e. The quantitative estimate of drug-likeness (QED) is 0.214. The van der Waals surface area contributed by atoms with Gasteiger partial charge in [-0.05, 0) is 35.1 Å². The van der Waals surface area contributed by atoms with Crippen LogP contribution in [0.5, 0.6) is 0 Å². The lowest BCUT2D eigenvalue weighted by Gasteiger charge is -2.41. The van der Waals surface area contributed by atoms with Crippen molar-refractivity contribution in [1.29, 1.82) is 0 Å². The average Bonchev–Trinajstić information content (AvgIpc) is 3.00. The molecule has 5 heteroatoms. The largest absolute Gasteiger partial charge is 0.469 e. The third kappa shape index (κ3) is 5.84. The van der Waals surface area contributed by atoms with Gasteiger partial charge in [-0.3, -0.25) is 14.9 Å².